The van der Waals surface area contributed by atoms with Gasteiger partial charge in [-0.2, -0.15) is 23.3 Å². The normalized spacial score (nSPS) is 13.0. The van der Waals surface area contributed by atoms with E-state index in [1.807, 2.05) is 12.2 Å². The number of rotatable bonds is 5. The van der Waals surface area contributed by atoms with Crippen molar-refractivity contribution in [1.29, 1.82) is 0 Å². The number of aromatic nitrogens is 5. The molecule has 0 aromatic carbocycles. The minimum atomic E-state index is -4.53. The molecule has 0 aliphatic carbocycles. The number of ether oxygens (including phenoxy) is 1. The Bertz CT molecular complexity index is 1230. The van der Waals surface area contributed by atoms with Gasteiger partial charge in [0.2, 0.25) is 0 Å². The van der Waals surface area contributed by atoms with Crippen LogP contribution in [0.4, 0.5) is 13.2 Å². The molecule has 0 radical (unpaired) electrons. The molecule has 2 N–H and O–H groups in total. The van der Waals surface area contributed by atoms with Crippen LogP contribution in [-0.2, 0) is 0 Å². The average molecular weight is 418 g/mol. The van der Waals surface area contributed by atoms with Crippen LogP contribution in [0.25, 0.3) is 27.7 Å². The minimum absolute atomic E-state index is 0.0441. The molecule has 4 rings (SSSR count). The number of amides is 1. The molecule has 4 heterocycles. The van der Waals surface area contributed by atoms with E-state index >= 15 is 0 Å². The number of fused-ring (bicyclic) bond motifs is 2. The molecule has 4 aromatic heterocycles. The maximum atomic E-state index is 12.8. The SMILES string of the molecule is CCOc1ncc2c(-c3ccn4ncc(C(=O)NC(C)C(F)(F)F)c4c3)c[nH]c2n1. The van der Waals surface area contributed by atoms with Crippen molar-refractivity contribution in [2.24, 2.45) is 0 Å². The van der Waals surface area contributed by atoms with Gasteiger partial charge in [0.05, 0.1) is 23.9 Å². The number of alkyl halides is 3. The fraction of sp³-hybridized carbons (Fsp3) is 0.263. The second-order valence-corrected chi connectivity index (χ2v) is 6.59. The summed E-state index contributed by atoms with van der Waals surface area (Å²) in [6.07, 6.45) is 1.70. The summed E-state index contributed by atoms with van der Waals surface area (Å²) in [6, 6.07) is 1.73. The third-order valence-electron chi connectivity index (χ3n) is 4.60. The van der Waals surface area contributed by atoms with Gasteiger partial charge in [-0.25, -0.2) is 9.50 Å². The number of halogens is 3. The fourth-order valence-electron chi connectivity index (χ4n) is 3.01. The summed E-state index contributed by atoms with van der Waals surface area (Å²) in [5.74, 6) is -0.851. The van der Waals surface area contributed by atoms with E-state index in [0.29, 0.717) is 17.8 Å². The summed E-state index contributed by atoms with van der Waals surface area (Å²) in [4.78, 5) is 23.9. The fourth-order valence-corrected chi connectivity index (χ4v) is 3.01. The lowest BCUT2D eigenvalue weighted by atomic mass is 10.1. The Kier molecular flexibility index (Phi) is 4.80. The van der Waals surface area contributed by atoms with E-state index in [0.717, 1.165) is 23.4 Å². The number of H-pyrrole nitrogens is 1. The van der Waals surface area contributed by atoms with E-state index < -0.39 is 18.1 Å². The van der Waals surface area contributed by atoms with Crippen LogP contribution >= 0.6 is 0 Å². The van der Waals surface area contributed by atoms with Crippen LogP contribution in [-0.4, -0.2) is 49.3 Å². The molecule has 156 valence electrons. The van der Waals surface area contributed by atoms with Gasteiger partial charge in [-0.3, -0.25) is 4.79 Å². The number of carbonyl (C=O) groups is 1. The van der Waals surface area contributed by atoms with Gasteiger partial charge in [0, 0.05) is 29.5 Å². The molecule has 1 amide bonds. The Morgan fingerprint density at radius 3 is 2.90 bits per heavy atom. The second kappa shape index (κ2) is 7.32. The standard InChI is InChI=1S/C19H17F3N6O2/c1-3-30-18-24-8-13-12(7-23-16(13)27-18)11-4-5-28-15(6-11)14(9-25-28)17(29)26-10(2)19(20,21)22/h4-10H,3H2,1-2H3,(H,26,29)(H,23,24,27). The van der Waals surface area contributed by atoms with E-state index in [-0.39, 0.29) is 11.6 Å². The van der Waals surface area contributed by atoms with E-state index in [1.54, 1.807) is 30.7 Å². The number of nitrogens with one attached hydrogen (secondary N) is 2. The van der Waals surface area contributed by atoms with Crippen molar-refractivity contribution in [1.82, 2.24) is 29.9 Å². The smallest absolute Gasteiger partial charge is 0.408 e. The zero-order chi connectivity index (χ0) is 21.5. The Labute approximate surface area is 168 Å². The maximum Gasteiger partial charge on any atom is 0.408 e. The number of nitrogens with zero attached hydrogens (tertiary/aromatic N) is 4. The Morgan fingerprint density at radius 1 is 1.37 bits per heavy atom. The van der Waals surface area contributed by atoms with Gasteiger partial charge in [0.1, 0.15) is 11.7 Å². The first kappa shape index (κ1) is 19.7. The summed E-state index contributed by atoms with van der Waals surface area (Å²) < 4.78 is 45.1. The lowest BCUT2D eigenvalue weighted by molar-refractivity contribution is -0.149. The number of aromatic amines is 1. The highest BCUT2D eigenvalue weighted by atomic mass is 19.4. The van der Waals surface area contributed by atoms with Crippen molar-refractivity contribution in [3.63, 3.8) is 0 Å². The van der Waals surface area contributed by atoms with Gasteiger partial charge >= 0.3 is 12.2 Å². The summed E-state index contributed by atoms with van der Waals surface area (Å²) in [5, 5.41) is 6.75. The molecule has 11 heteroatoms. The molecule has 0 saturated heterocycles. The van der Waals surface area contributed by atoms with Gasteiger partial charge < -0.3 is 15.0 Å². The molecule has 30 heavy (non-hydrogen) atoms. The molecule has 0 aliphatic heterocycles. The van der Waals surface area contributed by atoms with Crippen LogP contribution in [0.2, 0.25) is 0 Å². The van der Waals surface area contributed by atoms with Crippen molar-refractivity contribution in [3.05, 3.63) is 42.5 Å². The number of carbonyl (C=O) groups excluding carboxylic acids is 1. The highest BCUT2D eigenvalue weighted by Crippen LogP contribution is 2.29. The number of pyridine rings is 1. The van der Waals surface area contributed by atoms with E-state index in [2.05, 4.69) is 20.1 Å². The molecule has 0 spiro atoms. The molecular formula is C19H17F3N6O2. The third-order valence-corrected chi connectivity index (χ3v) is 4.60. The third kappa shape index (κ3) is 3.53. The van der Waals surface area contributed by atoms with Crippen molar-refractivity contribution in [2.45, 2.75) is 26.1 Å². The lowest BCUT2D eigenvalue weighted by Gasteiger charge is -2.16. The molecule has 0 saturated carbocycles. The van der Waals surface area contributed by atoms with Crippen LogP contribution < -0.4 is 10.1 Å². The summed E-state index contributed by atoms with van der Waals surface area (Å²) >= 11 is 0. The number of hydrogen-bond donors (Lipinski definition) is 2. The van der Waals surface area contributed by atoms with Crippen LogP contribution in [0.15, 0.2) is 36.9 Å². The van der Waals surface area contributed by atoms with E-state index in [4.69, 9.17) is 4.74 Å². The van der Waals surface area contributed by atoms with Gasteiger partial charge in [-0.05, 0) is 31.5 Å². The average Bonchev–Trinajstić information content (AvgIpc) is 3.30. The summed E-state index contributed by atoms with van der Waals surface area (Å²) in [6.45, 7) is 3.16. The van der Waals surface area contributed by atoms with E-state index in [1.165, 1.54) is 10.7 Å². The molecular weight excluding hydrogens is 401 g/mol. The van der Waals surface area contributed by atoms with Gasteiger partial charge in [0.25, 0.3) is 5.91 Å². The van der Waals surface area contributed by atoms with Crippen molar-refractivity contribution >= 4 is 22.5 Å². The minimum Gasteiger partial charge on any atom is -0.464 e. The Morgan fingerprint density at radius 2 is 2.17 bits per heavy atom. The zero-order valence-electron chi connectivity index (χ0n) is 16.0. The van der Waals surface area contributed by atoms with Crippen LogP contribution in [0.5, 0.6) is 6.01 Å². The molecule has 8 nitrogen and oxygen atoms in total. The van der Waals surface area contributed by atoms with Crippen molar-refractivity contribution in [3.8, 4) is 17.1 Å². The first-order valence-corrected chi connectivity index (χ1v) is 9.10. The van der Waals surface area contributed by atoms with Crippen molar-refractivity contribution < 1.29 is 22.7 Å². The number of hydrogen-bond acceptors (Lipinski definition) is 5. The van der Waals surface area contributed by atoms with Gasteiger partial charge in [-0.15, -0.1) is 0 Å². The molecule has 4 aromatic rings. The van der Waals surface area contributed by atoms with Crippen LogP contribution in [0.3, 0.4) is 0 Å². The summed E-state index contributed by atoms with van der Waals surface area (Å²) in [5.41, 5.74) is 2.49. The predicted molar refractivity (Wildman–Crippen MR) is 102 cm³/mol. The predicted octanol–water partition coefficient (Wildman–Crippen LogP) is 3.35. The van der Waals surface area contributed by atoms with Gasteiger partial charge in [0.15, 0.2) is 0 Å². The van der Waals surface area contributed by atoms with Crippen LogP contribution in [0.1, 0.15) is 24.2 Å². The lowest BCUT2D eigenvalue weighted by Crippen LogP contribution is -2.43. The molecule has 1 unspecified atom stereocenters. The Balaban J connectivity index is 1.71. The van der Waals surface area contributed by atoms with Gasteiger partial charge in [-0.1, -0.05) is 0 Å². The molecule has 0 bridgehead atoms. The first-order chi connectivity index (χ1) is 14.3. The van der Waals surface area contributed by atoms with Crippen molar-refractivity contribution in [2.75, 3.05) is 6.61 Å². The quantitative estimate of drug-likeness (QED) is 0.518. The monoisotopic (exact) mass is 418 g/mol. The molecule has 0 aliphatic rings. The topological polar surface area (TPSA) is 97.2 Å². The highest BCUT2D eigenvalue weighted by molar-refractivity contribution is 6.02. The summed E-state index contributed by atoms with van der Waals surface area (Å²) in [7, 11) is 0. The van der Waals surface area contributed by atoms with E-state index in [9.17, 15) is 18.0 Å². The molecule has 1 atom stereocenters. The van der Waals surface area contributed by atoms with Crippen LogP contribution in [0, 0.1) is 0 Å². The molecule has 0 fully saturated rings. The maximum absolute atomic E-state index is 12.8. The second-order valence-electron chi connectivity index (χ2n) is 6.59. The first-order valence-electron chi connectivity index (χ1n) is 9.10. The largest absolute Gasteiger partial charge is 0.464 e. The Hall–Kier alpha value is -3.63. The highest BCUT2D eigenvalue weighted by Gasteiger charge is 2.37. The zero-order valence-corrected chi connectivity index (χ0v) is 16.0.